The number of aromatic amines is 1. The minimum Gasteiger partial charge on any atom is -0.606 e. The summed E-state index contributed by atoms with van der Waals surface area (Å²) >= 11 is 4.40. The summed E-state index contributed by atoms with van der Waals surface area (Å²) in [7, 11) is 0. The summed E-state index contributed by atoms with van der Waals surface area (Å²) in [5.74, 6) is 0. The van der Waals surface area contributed by atoms with E-state index in [4.69, 9.17) is 11.6 Å². The first-order valence-electron chi connectivity index (χ1n) is 7.66. The summed E-state index contributed by atoms with van der Waals surface area (Å²) in [5.41, 5.74) is -2.03. The van der Waals surface area contributed by atoms with Crippen molar-refractivity contribution in [1.82, 2.24) is 14.1 Å². The van der Waals surface area contributed by atoms with Crippen molar-refractivity contribution >= 4 is 22.8 Å². The van der Waals surface area contributed by atoms with Crippen molar-refractivity contribution < 1.29 is 4.55 Å². The quantitative estimate of drug-likeness (QED) is 0.681. The van der Waals surface area contributed by atoms with Crippen LogP contribution >= 0.6 is 11.6 Å². The fourth-order valence-electron chi connectivity index (χ4n) is 2.43. The number of hydrogen-bond donors (Lipinski definition) is 1. The van der Waals surface area contributed by atoms with Gasteiger partial charge in [0.15, 0.2) is 9.79 Å². The number of nitrogens with one attached hydrogen (secondary N) is 1. The maximum atomic E-state index is 12.6. The lowest BCUT2D eigenvalue weighted by Gasteiger charge is -2.11. The monoisotopic (exact) mass is 391 g/mol. The van der Waals surface area contributed by atoms with Crippen molar-refractivity contribution in [2.24, 2.45) is 0 Å². The van der Waals surface area contributed by atoms with Gasteiger partial charge >= 0.3 is 17.1 Å². The van der Waals surface area contributed by atoms with E-state index in [1.54, 1.807) is 43.3 Å². The van der Waals surface area contributed by atoms with Gasteiger partial charge in [0.1, 0.15) is 0 Å². The molecule has 3 rings (SSSR count). The number of nitrogens with zero attached hydrogens (tertiary/aromatic N) is 2. The summed E-state index contributed by atoms with van der Waals surface area (Å²) in [4.78, 5) is 39.2. The van der Waals surface area contributed by atoms with Crippen molar-refractivity contribution in [2.75, 3.05) is 0 Å². The van der Waals surface area contributed by atoms with Crippen molar-refractivity contribution in [3.05, 3.63) is 85.0 Å². The molecule has 3 aromatic rings. The van der Waals surface area contributed by atoms with Crippen LogP contribution in [0.5, 0.6) is 0 Å². The Kier molecular flexibility index (Phi) is 5.17. The average Bonchev–Trinajstić information content (AvgIpc) is 2.62. The van der Waals surface area contributed by atoms with Gasteiger partial charge in [-0.3, -0.25) is 4.98 Å². The molecule has 26 heavy (non-hydrogen) atoms. The van der Waals surface area contributed by atoms with Gasteiger partial charge in [-0.2, -0.15) is 0 Å². The van der Waals surface area contributed by atoms with Gasteiger partial charge in [0.25, 0.3) is 0 Å². The fourth-order valence-corrected chi connectivity index (χ4v) is 3.59. The van der Waals surface area contributed by atoms with Crippen LogP contribution in [0.25, 0.3) is 5.69 Å². The Bertz CT molecular complexity index is 1100. The molecule has 1 N–H and O–H groups in total. The Morgan fingerprint density at radius 3 is 2.04 bits per heavy atom. The second-order valence-electron chi connectivity index (χ2n) is 5.31. The number of hydrogen-bond acceptors (Lipinski definition) is 4. The van der Waals surface area contributed by atoms with Gasteiger partial charge in [-0.05, 0) is 55.5 Å². The summed E-state index contributed by atoms with van der Waals surface area (Å²) in [5, 5.41) is 0.547. The number of rotatable bonds is 4. The van der Waals surface area contributed by atoms with Crippen molar-refractivity contribution in [2.45, 2.75) is 23.3 Å². The zero-order valence-corrected chi connectivity index (χ0v) is 15.2. The largest absolute Gasteiger partial charge is 0.606 e. The third-order valence-electron chi connectivity index (χ3n) is 3.74. The molecule has 0 saturated heterocycles. The Morgan fingerprint density at radius 2 is 1.50 bits per heavy atom. The first kappa shape index (κ1) is 18.2. The lowest BCUT2D eigenvalue weighted by atomic mass is 10.3. The van der Waals surface area contributed by atoms with Gasteiger partial charge in [-0.1, -0.05) is 11.6 Å². The fraction of sp³-hybridized carbons (Fsp3) is 0.118. The molecule has 1 aromatic heterocycles. The Morgan fingerprint density at radius 1 is 0.962 bits per heavy atom. The zero-order chi connectivity index (χ0) is 18.8. The molecule has 1 unspecified atom stereocenters. The molecule has 0 aliphatic heterocycles. The van der Waals surface area contributed by atoms with E-state index in [1.807, 2.05) is 0 Å². The van der Waals surface area contributed by atoms with Crippen LogP contribution in [0.15, 0.2) is 72.7 Å². The third-order valence-corrected chi connectivity index (χ3v) is 5.39. The van der Waals surface area contributed by atoms with Crippen LogP contribution in [0.4, 0.5) is 0 Å². The number of halogens is 1. The van der Waals surface area contributed by atoms with E-state index in [1.165, 1.54) is 12.1 Å². The summed E-state index contributed by atoms with van der Waals surface area (Å²) < 4.78 is 14.3. The SMILES string of the molecule is CCn1c(=O)[nH]c(=O)n(-c2ccc([S+]([O-])c3ccc(Cl)cc3)cc2)c1=O. The van der Waals surface area contributed by atoms with Crippen LogP contribution < -0.4 is 17.1 Å². The molecule has 1 atom stereocenters. The highest BCUT2D eigenvalue weighted by atomic mass is 35.5. The molecule has 9 heteroatoms. The van der Waals surface area contributed by atoms with Gasteiger partial charge in [-0.25, -0.2) is 23.5 Å². The number of aromatic nitrogens is 3. The van der Waals surface area contributed by atoms with Gasteiger partial charge < -0.3 is 4.55 Å². The minimum absolute atomic E-state index is 0.132. The van der Waals surface area contributed by atoms with Gasteiger partial charge in [0.05, 0.1) is 5.69 Å². The molecule has 1 heterocycles. The van der Waals surface area contributed by atoms with E-state index < -0.39 is 28.2 Å². The summed E-state index contributed by atoms with van der Waals surface area (Å²) in [6.45, 7) is 1.76. The van der Waals surface area contributed by atoms with Crippen LogP contribution in [0, 0.1) is 0 Å². The predicted molar refractivity (Wildman–Crippen MR) is 98.7 cm³/mol. The Balaban J connectivity index is 2.01. The van der Waals surface area contributed by atoms with Crippen LogP contribution in [0.3, 0.4) is 0 Å². The molecule has 0 fully saturated rings. The molecule has 7 nitrogen and oxygen atoms in total. The Labute approximate surface area is 155 Å². The van der Waals surface area contributed by atoms with Gasteiger partial charge in [-0.15, -0.1) is 0 Å². The molecular formula is C17H14ClN3O4S. The second-order valence-corrected chi connectivity index (χ2v) is 7.23. The van der Waals surface area contributed by atoms with Crippen LogP contribution in [0.1, 0.15) is 6.92 Å². The van der Waals surface area contributed by atoms with Crippen LogP contribution in [-0.2, 0) is 17.7 Å². The van der Waals surface area contributed by atoms with Gasteiger partial charge in [0, 0.05) is 22.7 Å². The molecule has 0 aliphatic rings. The first-order valence-corrected chi connectivity index (χ1v) is 9.19. The lowest BCUT2D eigenvalue weighted by Crippen LogP contribution is -2.48. The molecule has 0 aliphatic carbocycles. The van der Waals surface area contributed by atoms with E-state index in [-0.39, 0.29) is 12.2 Å². The average molecular weight is 392 g/mol. The van der Waals surface area contributed by atoms with Crippen molar-refractivity contribution in [3.8, 4) is 5.69 Å². The molecule has 0 bridgehead atoms. The van der Waals surface area contributed by atoms with E-state index in [2.05, 4.69) is 4.98 Å². The molecule has 2 aromatic carbocycles. The van der Waals surface area contributed by atoms with Crippen molar-refractivity contribution in [3.63, 3.8) is 0 Å². The second kappa shape index (κ2) is 7.36. The zero-order valence-electron chi connectivity index (χ0n) is 13.6. The Hall–Kier alpha value is -2.55. The minimum atomic E-state index is -1.43. The van der Waals surface area contributed by atoms with Crippen LogP contribution in [0.2, 0.25) is 5.02 Å². The summed E-state index contributed by atoms with van der Waals surface area (Å²) in [6, 6.07) is 12.8. The van der Waals surface area contributed by atoms with Crippen LogP contribution in [-0.4, -0.2) is 18.7 Å². The molecule has 0 amide bonds. The van der Waals surface area contributed by atoms with E-state index >= 15 is 0 Å². The smallest absolute Gasteiger partial charge is 0.340 e. The number of benzene rings is 2. The third kappa shape index (κ3) is 3.39. The number of H-pyrrole nitrogens is 1. The molecule has 0 saturated carbocycles. The molecular weight excluding hydrogens is 378 g/mol. The maximum Gasteiger partial charge on any atom is 0.340 e. The van der Waals surface area contributed by atoms with E-state index in [0.29, 0.717) is 14.8 Å². The van der Waals surface area contributed by atoms with E-state index in [9.17, 15) is 18.9 Å². The highest BCUT2D eigenvalue weighted by Gasteiger charge is 2.16. The molecule has 0 radical (unpaired) electrons. The van der Waals surface area contributed by atoms with Crippen molar-refractivity contribution in [1.29, 1.82) is 0 Å². The van der Waals surface area contributed by atoms with Gasteiger partial charge in [0.2, 0.25) is 0 Å². The topological polar surface area (TPSA) is 99.9 Å². The predicted octanol–water partition coefficient (Wildman–Crippen LogP) is 1.53. The maximum absolute atomic E-state index is 12.6. The highest BCUT2D eigenvalue weighted by molar-refractivity contribution is 7.91. The highest BCUT2D eigenvalue weighted by Crippen LogP contribution is 2.22. The standard InChI is InChI=1S/C17H14ClN3O4S/c1-2-20-15(22)19-16(23)21(17(20)24)12-5-9-14(10-6-12)26(25)13-7-3-11(18)4-8-13/h3-10H,2H2,1H3,(H,19,22,23). The van der Waals surface area contributed by atoms with E-state index in [0.717, 1.165) is 9.13 Å². The summed E-state index contributed by atoms with van der Waals surface area (Å²) in [6.07, 6.45) is 0. The molecule has 134 valence electrons. The first-order chi connectivity index (χ1) is 12.4. The normalized spacial score (nSPS) is 12.1. The molecule has 0 spiro atoms. The lowest BCUT2D eigenvalue weighted by molar-refractivity contribution is 0.594.